The van der Waals surface area contributed by atoms with Crippen molar-refractivity contribution in [3.63, 3.8) is 0 Å². The van der Waals surface area contributed by atoms with Gasteiger partial charge >= 0.3 is 0 Å². The fourth-order valence-electron chi connectivity index (χ4n) is 1.76. The van der Waals surface area contributed by atoms with Gasteiger partial charge in [-0.1, -0.05) is 11.6 Å². The minimum atomic E-state index is 0.531. The smallest absolute Gasteiger partial charge is 0.137 e. The second-order valence-corrected chi connectivity index (χ2v) is 4.38. The molecule has 2 N–H and O–H groups in total. The molecule has 1 aromatic heterocycles. The molecule has 0 aliphatic carbocycles. The first-order valence-corrected chi connectivity index (χ1v) is 5.85. The summed E-state index contributed by atoms with van der Waals surface area (Å²) in [5, 5.41) is 0.531. The van der Waals surface area contributed by atoms with E-state index in [9.17, 15) is 0 Å². The molecule has 0 spiro atoms. The maximum Gasteiger partial charge on any atom is 0.137 e. The van der Waals surface area contributed by atoms with Gasteiger partial charge in [-0.15, -0.1) is 0 Å². The molecule has 0 aliphatic heterocycles. The van der Waals surface area contributed by atoms with Gasteiger partial charge in [-0.3, -0.25) is 0 Å². The number of nitrogens with two attached hydrogens (primary N) is 1. The lowest BCUT2D eigenvalue weighted by molar-refractivity contribution is 0.415. The van der Waals surface area contributed by atoms with Crippen LogP contribution in [0.4, 0.5) is 5.69 Å². The number of benzene rings is 1. The van der Waals surface area contributed by atoms with Crippen molar-refractivity contribution >= 4 is 17.3 Å². The Kier molecular flexibility index (Phi) is 3.39. The monoisotopic (exact) mass is 263 g/mol. The van der Waals surface area contributed by atoms with Crippen LogP contribution in [0, 0.1) is 13.8 Å². The van der Waals surface area contributed by atoms with Gasteiger partial charge in [-0.2, -0.15) is 0 Å². The van der Waals surface area contributed by atoms with Crippen LogP contribution in [0.25, 0.3) is 11.3 Å². The number of methoxy groups -OCH3 is 1. The number of aromatic nitrogens is 2. The molecule has 94 valence electrons. The Morgan fingerprint density at radius 2 is 1.94 bits per heavy atom. The van der Waals surface area contributed by atoms with E-state index in [4.69, 9.17) is 22.1 Å². The first-order valence-electron chi connectivity index (χ1n) is 5.47. The van der Waals surface area contributed by atoms with E-state index in [1.807, 2.05) is 19.9 Å². The molecule has 1 aromatic carbocycles. The van der Waals surface area contributed by atoms with Crippen molar-refractivity contribution in [1.29, 1.82) is 0 Å². The Balaban J connectivity index is 2.58. The number of halogens is 1. The molecule has 4 nitrogen and oxygen atoms in total. The van der Waals surface area contributed by atoms with Crippen molar-refractivity contribution in [2.45, 2.75) is 13.8 Å². The number of nitrogens with zero attached hydrogens (tertiary/aromatic N) is 2. The molecule has 0 atom stereocenters. The predicted octanol–water partition coefficient (Wildman–Crippen LogP) is 3.00. The van der Waals surface area contributed by atoms with E-state index in [0.717, 1.165) is 11.3 Å². The Labute approximate surface area is 111 Å². The van der Waals surface area contributed by atoms with Crippen LogP contribution in [0.2, 0.25) is 5.02 Å². The van der Waals surface area contributed by atoms with Crippen LogP contribution in [-0.2, 0) is 0 Å². The topological polar surface area (TPSA) is 61.0 Å². The Hall–Kier alpha value is -1.81. The van der Waals surface area contributed by atoms with Gasteiger partial charge in [0, 0.05) is 5.56 Å². The minimum absolute atomic E-state index is 0.531. The maximum absolute atomic E-state index is 6.10. The number of rotatable bonds is 2. The van der Waals surface area contributed by atoms with Crippen LogP contribution in [-0.4, -0.2) is 17.1 Å². The van der Waals surface area contributed by atoms with Gasteiger partial charge < -0.3 is 10.5 Å². The van der Waals surface area contributed by atoms with Crippen molar-refractivity contribution in [2.24, 2.45) is 0 Å². The van der Waals surface area contributed by atoms with Crippen LogP contribution in [0.3, 0.4) is 0 Å². The van der Waals surface area contributed by atoms with E-state index < -0.39 is 0 Å². The van der Waals surface area contributed by atoms with Crippen LogP contribution in [0.1, 0.15) is 11.5 Å². The SMILES string of the molecule is COc1ccc(-c2nc(C)nc(C)c2N)cc1Cl. The largest absolute Gasteiger partial charge is 0.495 e. The maximum atomic E-state index is 6.10. The van der Waals surface area contributed by atoms with Crippen molar-refractivity contribution in [3.8, 4) is 17.0 Å². The minimum Gasteiger partial charge on any atom is -0.495 e. The van der Waals surface area contributed by atoms with E-state index in [1.165, 1.54) is 0 Å². The Bertz CT molecular complexity index is 599. The summed E-state index contributed by atoms with van der Waals surface area (Å²) in [5.41, 5.74) is 8.90. The standard InChI is InChI=1S/C13H14ClN3O/c1-7-12(15)13(17-8(2)16-7)9-4-5-11(18-3)10(14)6-9/h4-6H,15H2,1-3H3. The molecule has 0 unspecified atom stereocenters. The molecule has 2 aromatic rings. The number of hydrogen-bond acceptors (Lipinski definition) is 4. The van der Waals surface area contributed by atoms with E-state index in [2.05, 4.69) is 9.97 Å². The third kappa shape index (κ3) is 2.24. The molecule has 0 saturated carbocycles. The quantitative estimate of drug-likeness (QED) is 0.905. The number of hydrogen-bond donors (Lipinski definition) is 1. The van der Waals surface area contributed by atoms with E-state index in [1.54, 1.807) is 19.2 Å². The number of nitrogen functional groups attached to an aromatic ring is 1. The molecule has 1 heterocycles. The molecular weight excluding hydrogens is 250 g/mol. The van der Waals surface area contributed by atoms with Crippen molar-refractivity contribution in [1.82, 2.24) is 9.97 Å². The first kappa shape index (κ1) is 12.6. The van der Waals surface area contributed by atoms with Crippen LogP contribution < -0.4 is 10.5 Å². The summed E-state index contributed by atoms with van der Waals surface area (Å²) >= 11 is 6.10. The Morgan fingerprint density at radius 3 is 2.56 bits per heavy atom. The zero-order valence-corrected chi connectivity index (χ0v) is 11.2. The number of anilines is 1. The van der Waals surface area contributed by atoms with Crippen molar-refractivity contribution in [3.05, 3.63) is 34.7 Å². The average Bonchev–Trinajstić information content (AvgIpc) is 2.33. The number of ether oxygens (including phenoxy) is 1. The van der Waals surface area contributed by atoms with Crippen molar-refractivity contribution in [2.75, 3.05) is 12.8 Å². The van der Waals surface area contributed by atoms with Gasteiger partial charge in [0.05, 0.1) is 29.2 Å². The van der Waals surface area contributed by atoms with E-state index >= 15 is 0 Å². The van der Waals surface area contributed by atoms with Gasteiger partial charge in [0.2, 0.25) is 0 Å². The fraction of sp³-hybridized carbons (Fsp3) is 0.231. The molecule has 0 radical (unpaired) electrons. The van der Waals surface area contributed by atoms with Crippen LogP contribution in [0.5, 0.6) is 5.75 Å². The van der Waals surface area contributed by atoms with Gasteiger partial charge in [-0.25, -0.2) is 9.97 Å². The fourth-order valence-corrected chi connectivity index (χ4v) is 2.01. The second-order valence-electron chi connectivity index (χ2n) is 3.97. The van der Waals surface area contributed by atoms with Gasteiger partial charge in [0.15, 0.2) is 0 Å². The van der Waals surface area contributed by atoms with Gasteiger partial charge in [-0.05, 0) is 32.0 Å². The lowest BCUT2D eigenvalue weighted by Crippen LogP contribution is -2.02. The summed E-state index contributed by atoms with van der Waals surface area (Å²) in [4.78, 5) is 8.59. The molecule has 2 rings (SSSR count). The van der Waals surface area contributed by atoms with Crippen molar-refractivity contribution < 1.29 is 4.74 Å². The predicted molar refractivity (Wildman–Crippen MR) is 72.9 cm³/mol. The zero-order chi connectivity index (χ0) is 13.3. The van der Waals surface area contributed by atoms with Gasteiger partial charge in [0.1, 0.15) is 11.6 Å². The van der Waals surface area contributed by atoms with Crippen LogP contribution in [0.15, 0.2) is 18.2 Å². The van der Waals surface area contributed by atoms with Crippen LogP contribution >= 0.6 is 11.6 Å². The lowest BCUT2D eigenvalue weighted by atomic mass is 10.1. The molecule has 0 saturated heterocycles. The highest BCUT2D eigenvalue weighted by atomic mass is 35.5. The highest BCUT2D eigenvalue weighted by molar-refractivity contribution is 6.32. The summed E-state index contributed by atoms with van der Waals surface area (Å²) in [6, 6.07) is 5.46. The summed E-state index contributed by atoms with van der Waals surface area (Å²) in [6.07, 6.45) is 0. The highest BCUT2D eigenvalue weighted by Gasteiger charge is 2.11. The van der Waals surface area contributed by atoms with E-state index in [0.29, 0.717) is 28.0 Å². The molecule has 0 amide bonds. The molecular formula is C13H14ClN3O. The third-order valence-electron chi connectivity index (χ3n) is 2.67. The molecule has 0 fully saturated rings. The summed E-state index contributed by atoms with van der Waals surface area (Å²) in [7, 11) is 1.58. The molecule has 0 aliphatic rings. The third-order valence-corrected chi connectivity index (χ3v) is 2.97. The van der Waals surface area contributed by atoms with E-state index in [-0.39, 0.29) is 0 Å². The summed E-state index contributed by atoms with van der Waals surface area (Å²) in [6.45, 7) is 3.69. The normalized spacial score (nSPS) is 10.4. The molecule has 18 heavy (non-hydrogen) atoms. The molecule has 5 heteroatoms. The Morgan fingerprint density at radius 1 is 1.22 bits per heavy atom. The summed E-state index contributed by atoms with van der Waals surface area (Å²) < 4.78 is 5.12. The van der Waals surface area contributed by atoms with Gasteiger partial charge in [0.25, 0.3) is 0 Å². The number of aryl methyl sites for hydroxylation is 2. The first-order chi connectivity index (χ1) is 8.52. The summed E-state index contributed by atoms with van der Waals surface area (Å²) in [5.74, 6) is 1.31. The molecule has 0 bridgehead atoms. The average molecular weight is 264 g/mol. The highest BCUT2D eigenvalue weighted by Crippen LogP contribution is 2.32. The zero-order valence-electron chi connectivity index (χ0n) is 10.5. The lowest BCUT2D eigenvalue weighted by Gasteiger charge is -2.10. The second kappa shape index (κ2) is 4.82.